The number of nitrogens with one attached hydrogen (secondary N) is 1. The third kappa shape index (κ3) is 4.73. The molecule has 5 nitrogen and oxygen atoms in total. The number of nitrogens with zero attached hydrogens (tertiary/aromatic N) is 3. The number of rotatable bonds is 4. The van der Waals surface area contributed by atoms with Crippen LogP contribution in [-0.4, -0.2) is 26.0 Å². The molecule has 2 aromatic rings. The van der Waals surface area contributed by atoms with Gasteiger partial charge in [0.2, 0.25) is 0 Å². The molecule has 0 atom stereocenters. The van der Waals surface area contributed by atoms with Crippen LogP contribution in [0.25, 0.3) is 0 Å². The molecule has 112 valence electrons. The van der Waals surface area contributed by atoms with Gasteiger partial charge in [0, 0.05) is 12.1 Å². The van der Waals surface area contributed by atoms with E-state index < -0.39 is 0 Å². The summed E-state index contributed by atoms with van der Waals surface area (Å²) in [7, 11) is 6.30. The molecule has 0 spiro atoms. The first-order valence-electron chi connectivity index (χ1n) is 6.38. The van der Waals surface area contributed by atoms with Crippen LogP contribution in [0.2, 0.25) is 0 Å². The van der Waals surface area contributed by atoms with Crippen LogP contribution in [0, 0.1) is 5.21 Å². The highest BCUT2D eigenvalue weighted by Gasteiger charge is 2.11. The molecule has 0 heterocycles. The van der Waals surface area contributed by atoms with Gasteiger partial charge in [0.25, 0.3) is 0 Å². The molecule has 0 aromatic heterocycles. The van der Waals surface area contributed by atoms with Crippen molar-refractivity contribution in [1.82, 2.24) is 4.48 Å². The molecule has 0 saturated carbocycles. The van der Waals surface area contributed by atoms with Gasteiger partial charge in [0.1, 0.15) is 11.4 Å². The van der Waals surface area contributed by atoms with Crippen molar-refractivity contribution in [3.05, 3.63) is 59.8 Å². The van der Waals surface area contributed by atoms with Gasteiger partial charge in [-0.2, -0.15) is 0 Å². The molecule has 2 aromatic carbocycles. The van der Waals surface area contributed by atoms with Crippen molar-refractivity contribution in [2.45, 2.75) is 0 Å². The molecule has 2 rings (SSSR count). The topological polar surface area (TPSA) is 50.5 Å². The van der Waals surface area contributed by atoms with Crippen molar-refractivity contribution in [1.29, 1.82) is 0 Å². The fourth-order valence-electron chi connectivity index (χ4n) is 1.70. The first-order valence-corrected chi connectivity index (χ1v) is 6.38. The SMILES string of the molecule is C[N+](C)(C)c1ccc(N/N=[N+](\[O-])c2ccccc2)cc1.[Cl-]. The number of anilines is 1. The Morgan fingerprint density at radius 1 is 0.952 bits per heavy atom. The minimum atomic E-state index is 0. The Morgan fingerprint density at radius 2 is 1.52 bits per heavy atom. The molecule has 0 amide bonds. The monoisotopic (exact) mass is 306 g/mol. The highest BCUT2D eigenvalue weighted by Crippen LogP contribution is 2.19. The molecule has 21 heavy (non-hydrogen) atoms. The molecule has 0 aliphatic rings. The molecule has 0 unspecified atom stereocenters. The Morgan fingerprint density at radius 3 is 2.05 bits per heavy atom. The van der Waals surface area contributed by atoms with Gasteiger partial charge in [-0.1, -0.05) is 18.2 Å². The van der Waals surface area contributed by atoms with Crippen LogP contribution in [0.4, 0.5) is 17.1 Å². The number of hydrogen-bond donors (Lipinski definition) is 1. The van der Waals surface area contributed by atoms with Gasteiger partial charge in [-0.3, -0.25) is 4.48 Å². The Balaban J connectivity index is 0.00000220. The lowest BCUT2D eigenvalue weighted by atomic mass is 10.2. The highest BCUT2D eigenvalue weighted by atomic mass is 35.5. The maximum Gasteiger partial charge on any atom is 0.154 e. The molecule has 0 saturated heterocycles. The summed E-state index contributed by atoms with van der Waals surface area (Å²) in [6, 6.07) is 16.7. The van der Waals surface area contributed by atoms with E-state index in [1.807, 2.05) is 30.3 Å². The van der Waals surface area contributed by atoms with E-state index >= 15 is 0 Å². The van der Waals surface area contributed by atoms with E-state index in [-0.39, 0.29) is 12.4 Å². The lowest BCUT2D eigenvalue weighted by Gasteiger charge is -2.23. The first-order chi connectivity index (χ1) is 9.47. The number of benzene rings is 2. The van der Waals surface area contributed by atoms with Crippen LogP contribution in [0.5, 0.6) is 0 Å². The molecule has 0 bridgehead atoms. The van der Waals surface area contributed by atoms with Crippen LogP contribution in [0.15, 0.2) is 59.8 Å². The maximum atomic E-state index is 11.7. The van der Waals surface area contributed by atoms with E-state index in [2.05, 4.69) is 31.8 Å². The predicted octanol–water partition coefficient (Wildman–Crippen LogP) is 0.508. The van der Waals surface area contributed by atoms with Crippen molar-refractivity contribution < 1.29 is 17.3 Å². The minimum absolute atomic E-state index is 0. The third-order valence-corrected chi connectivity index (χ3v) is 2.89. The van der Waals surface area contributed by atoms with Crippen molar-refractivity contribution in [2.24, 2.45) is 5.22 Å². The number of para-hydroxylation sites is 1. The molecule has 6 heteroatoms. The second kappa shape index (κ2) is 7.06. The van der Waals surface area contributed by atoms with Crippen molar-refractivity contribution in [2.75, 3.05) is 26.6 Å². The van der Waals surface area contributed by atoms with Gasteiger partial charge >= 0.3 is 0 Å². The summed E-state index contributed by atoms with van der Waals surface area (Å²) in [6.07, 6.45) is 0. The number of quaternary nitrogens is 1. The Hall–Kier alpha value is -2.11. The summed E-state index contributed by atoms with van der Waals surface area (Å²) >= 11 is 0. The van der Waals surface area contributed by atoms with Crippen molar-refractivity contribution in [3.63, 3.8) is 0 Å². The lowest BCUT2D eigenvalue weighted by molar-refractivity contribution is -0.439. The standard InChI is InChI=1S/C15H19N4O.ClH/c1-19(2,3)15-11-9-13(10-12-15)16-17-18(20)14-7-5-4-6-8-14;/h4-12,16H,1-3H3;1H/q+1;/p-1/b18-17-;. The summed E-state index contributed by atoms with van der Waals surface area (Å²) in [5.41, 5.74) is 5.20. The smallest absolute Gasteiger partial charge is 0.154 e. The molecular weight excluding hydrogens is 288 g/mol. The van der Waals surface area contributed by atoms with E-state index in [1.54, 1.807) is 24.3 Å². The summed E-state index contributed by atoms with van der Waals surface area (Å²) in [5.74, 6) is 0. The minimum Gasteiger partial charge on any atom is -1.00 e. The highest BCUT2D eigenvalue weighted by molar-refractivity contribution is 5.52. The van der Waals surface area contributed by atoms with Crippen LogP contribution in [-0.2, 0) is 0 Å². The number of hydrogen-bond acceptors (Lipinski definition) is 2. The quantitative estimate of drug-likeness (QED) is 0.387. The third-order valence-electron chi connectivity index (χ3n) is 2.89. The van der Waals surface area contributed by atoms with E-state index in [1.165, 1.54) is 5.69 Å². The van der Waals surface area contributed by atoms with Gasteiger partial charge in [-0.25, -0.2) is 0 Å². The van der Waals surface area contributed by atoms with Crippen molar-refractivity contribution >= 4 is 17.1 Å². The average molecular weight is 307 g/mol. The zero-order chi connectivity index (χ0) is 14.6. The molecule has 0 fully saturated rings. The van der Waals surface area contributed by atoms with Crippen molar-refractivity contribution in [3.8, 4) is 0 Å². The molecule has 0 aliphatic carbocycles. The fraction of sp³-hybridized carbons (Fsp3) is 0.200. The zero-order valence-electron chi connectivity index (χ0n) is 12.3. The molecule has 0 radical (unpaired) electrons. The second-order valence-corrected chi connectivity index (χ2v) is 5.38. The number of halogens is 1. The summed E-state index contributed by atoms with van der Waals surface area (Å²) in [4.78, 5) is 0.563. The van der Waals surface area contributed by atoms with Gasteiger partial charge < -0.3 is 17.6 Å². The Bertz CT molecular complexity index is 591. The lowest BCUT2D eigenvalue weighted by Crippen LogP contribution is -3.00. The van der Waals surface area contributed by atoms with Crippen LogP contribution in [0.3, 0.4) is 0 Å². The van der Waals surface area contributed by atoms with Crippen LogP contribution >= 0.6 is 0 Å². The summed E-state index contributed by atoms with van der Waals surface area (Å²) in [5, 5.41) is 15.5. The molecule has 0 aliphatic heterocycles. The van der Waals surface area contributed by atoms with Crippen LogP contribution < -0.4 is 22.3 Å². The van der Waals surface area contributed by atoms with E-state index in [0.717, 1.165) is 10.2 Å². The second-order valence-electron chi connectivity index (χ2n) is 5.38. The summed E-state index contributed by atoms with van der Waals surface area (Å²) in [6.45, 7) is 0. The van der Waals surface area contributed by atoms with Gasteiger partial charge in [0.15, 0.2) is 5.69 Å². The molecule has 1 N–H and O–H groups in total. The first kappa shape index (κ1) is 16.9. The Kier molecular flexibility index (Phi) is 5.69. The predicted molar refractivity (Wildman–Crippen MR) is 81.8 cm³/mol. The van der Waals surface area contributed by atoms with Gasteiger partial charge in [-0.15, -0.1) is 10.3 Å². The van der Waals surface area contributed by atoms with Gasteiger partial charge in [0.05, 0.1) is 26.4 Å². The average Bonchev–Trinajstić information content (AvgIpc) is 2.45. The van der Waals surface area contributed by atoms with E-state index in [4.69, 9.17) is 0 Å². The fourth-order valence-corrected chi connectivity index (χ4v) is 1.70. The van der Waals surface area contributed by atoms with Gasteiger partial charge in [-0.05, 0) is 24.3 Å². The largest absolute Gasteiger partial charge is 1.00 e. The molecular formula is C15H19ClN4O. The maximum absolute atomic E-state index is 11.7. The zero-order valence-corrected chi connectivity index (χ0v) is 13.1. The van der Waals surface area contributed by atoms with E-state index in [0.29, 0.717) is 10.5 Å². The van der Waals surface area contributed by atoms with Crippen LogP contribution in [0.1, 0.15) is 0 Å². The normalized spacial score (nSPS) is 11.7. The van der Waals surface area contributed by atoms with E-state index in [9.17, 15) is 5.21 Å². The summed E-state index contributed by atoms with van der Waals surface area (Å²) < 4.78 is 0.745. The Labute approximate surface area is 131 Å².